The molecule has 1 unspecified atom stereocenters. The van der Waals surface area contributed by atoms with Gasteiger partial charge in [0.2, 0.25) is 0 Å². The molecule has 33 heavy (non-hydrogen) atoms. The van der Waals surface area contributed by atoms with Crippen LogP contribution in [0.2, 0.25) is 0 Å². The fourth-order valence-electron chi connectivity index (χ4n) is 5.66. The van der Waals surface area contributed by atoms with E-state index in [-0.39, 0.29) is 5.41 Å². The number of nitrogens with zero attached hydrogens (tertiary/aromatic N) is 1. The van der Waals surface area contributed by atoms with Crippen molar-refractivity contribution in [1.82, 2.24) is 4.98 Å². The van der Waals surface area contributed by atoms with Crippen molar-refractivity contribution in [3.05, 3.63) is 138 Å². The Morgan fingerprint density at radius 3 is 2.27 bits per heavy atom. The lowest BCUT2D eigenvalue weighted by Crippen LogP contribution is -2.26. The number of benzene rings is 4. The van der Waals surface area contributed by atoms with Crippen LogP contribution in [0.3, 0.4) is 0 Å². The molecule has 0 aliphatic heterocycles. The van der Waals surface area contributed by atoms with Crippen LogP contribution in [-0.4, -0.2) is 4.98 Å². The molecular formula is C32H25N. The number of para-hydroxylation sites is 1. The molecule has 1 atom stereocenters. The van der Waals surface area contributed by atoms with E-state index >= 15 is 0 Å². The first-order valence-corrected chi connectivity index (χ1v) is 11.5. The van der Waals surface area contributed by atoms with Gasteiger partial charge in [-0.15, -0.1) is 6.58 Å². The van der Waals surface area contributed by atoms with E-state index in [4.69, 9.17) is 4.98 Å². The lowest BCUT2D eigenvalue weighted by molar-refractivity contribution is 0.650. The average molecular weight is 424 g/mol. The van der Waals surface area contributed by atoms with Gasteiger partial charge >= 0.3 is 0 Å². The molecule has 0 saturated heterocycles. The summed E-state index contributed by atoms with van der Waals surface area (Å²) < 4.78 is 0. The van der Waals surface area contributed by atoms with E-state index in [0.29, 0.717) is 0 Å². The predicted molar refractivity (Wildman–Crippen MR) is 138 cm³/mol. The highest BCUT2D eigenvalue weighted by molar-refractivity contribution is 6.02. The Balaban J connectivity index is 1.87. The summed E-state index contributed by atoms with van der Waals surface area (Å²) in [6.07, 6.45) is 2.89. The van der Waals surface area contributed by atoms with Crippen molar-refractivity contribution in [1.29, 1.82) is 0 Å². The van der Waals surface area contributed by atoms with E-state index in [2.05, 4.69) is 123 Å². The highest BCUT2D eigenvalue weighted by Crippen LogP contribution is 2.58. The van der Waals surface area contributed by atoms with Gasteiger partial charge in [-0.05, 0) is 41.7 Å². The largest absolute Gasteiger partial charge is 0.247 e. The summed E-state index contributed by atoms with van der Waals surface area (Å²) in [5.74, 6) is 0. The Hall–Kier alpha value is -3.97. The van der Waals surface area contributed by atoms with Crippen LogP contribution in [0.5, 0.6) is 0 Å². The van der Waals surface area contributed by atoms with E-state index in [1.807, 2.05) is 0 Å². The van der Waals surface area contributed by atoms with Crippen LogP contribution in [0, 0.1) is 6.92 Å². The molecule has 0 fully saturated rings. The topological polar surface area (TPSA) is 12.9 Å². The van der Waals surface area contributed by atoms with Crippen LogP contribution < -0.4 is 0 Å². The van der Waals surface area contributed by atoms with Gasteiger partial charge < -0.3 is 0 Å². The normalized spacial score (nSPS) is 16.4. The minimum Gasteiger partial charge on any atom is -0.247 e. The van der Waals surface area contributed by atoms with E-state index in [9.17, 15) is 0 Å². The van der Waals surface area contributed by atoms with Crippen LogP contribution in [-0.2, 0) is 5.41 Å². The second-order valence-electron chi connectivity index (χ2n) is 8.91. The number of rotatable bonds is 4. The molecule has 1 nitrogen and oxygen atoms in total. The van der Waals surface area contributed by atoms with Crippen LogP contribution >= 0.6 is 0 Å². The monoisotopic (exact) mass is 423 g/mol. The maximum Gasteiger partial charge on any atom is 0.0791 e. The summed E-state index contributed by atoms with van der Waals surface area (Å²) in [5, 5.41) is 1.21. The number of allylic oxidation sites excluding steroid dienone is 1. The summed E-state index contributed by atoms with van der Waals surface area (Å²) in [6.45, 7) is 6.38. The number of hydrogen-bond donors (Lipinski definition) is 0. The summed E-state index contributed by atoms with van der Waals surface area (Å²) >= 11 is 0. The van der Waals surface area contributed by atoms with Crippen molar-refractivity contribution < 1.29 is 0 Å². The van der Waals surface area contributed by atoms with Gasteiger partial charge in [-0.2, -0.15) is 0 Å². The predicted octanol–water partition coefficient (Wildman–Crippen LogP) is 8.10. The third kappa shape index (κ3) is 2.82. The molecule has 0 N–H and O–H groups in total. The third-order valence-electron chi connectivity index (χ3n) is 6.99. The van der Waals surface area contributed by atoms with Gasteiger partial charge in [0.1, 0.15) is 0 Å². The zero-order valence-electron chi connectivity index (χ0n) is 18.8. The number of aromatic nitrogens is 1. The van der Waals surface area contributed by atoms with Crippen molar-refractivity contribution >= 4 is 10.9 Å². The maximum atomic E-state index is 5.24. The first-order chi connectivity index (χ1) is 16.2. The van der Waals surface area contributed by atoms with Gasteiger partial charge in [-0.25, -0.2) is 4.98 Å². The smallest absolute Gasteiger partial charge is 0.0791 e. The Kier molecular flexibility index (Phi) is 4.52. The summed E-state index contributed by atoms with van der Waals surface area (Å²) in [7, 11) is 0. The SMILES string of the molecule is C=CCC1(c2ccccc2)c2ccc(C)cc2-c2c(-c3ccccc3)nc3ccccc3c21. The molecule has 1 aliphatic carbocycles. The standard InChI is InChI=1S/C32H25N/c1-3-20-32(24-14-8-5-9-15-24)27-19-18-22(2)21-26(27)29-30(32)25-16-10-11-17-28(25)33-31(29)23-12-6-4-7-13-23/h3-19,21H,1,20H2,2H3. The zero-order valence-corrected chi connectivity index (χ0v) is 18.8. The number of pyridine rings is 1. The number of hydrogen-bond acceptors (Lipinski definition) is 1. The average Bonchev–Trinajstić information content (AvgIpc) is 3.15. The zero-order chi connectivity index (χ0) is 22.4. The van der Waals surface area contributed by atoms with E-state index in [0.717, 1.165) is 23.2 Å². The van der Waals surface area contributed by atoms with Crippen molar-refractivity contribution in [2.75, 3.05) is 0 Å². The highest BCUT2D eigenvalue weighted by atomic mass is 14.7. The van der Waals surface area contributed by atoms with Gasteiger partial charge in [-0.1, -0.05) is 109 Å². The molecule has 4 aromatic carbocycles. The lowest BCUT2D eigenvalue weighted by Gasteiger charge is -2.33. The van der Waals surface area contributed by atoms with Crippen molar-refractivity contribution in [2.24, 2.45) is 0 Å². The molecular weight excluding hydrogens is 398 g/mol. The minimum absolute atomic E-state index is 0.312. The van der Waals surface area contributed by atoms with Crippen molar-refractivity contribution in [2.45, 2.75) is 18.8 Å². The maximum absolute atomic E-state index is 5.24. The van der Waals surface area contributed by atoms with Gasteiger partial charge in [0.05, 0.1) is 16.6 Å². The molecule has 0 amide bonds. The second-order valence-corrected chi connectivity index (χ2v) is 8.91. The summed E-state index contributed by atoms with van der Waals surface area (Å²) in [4.78, 5) is 5.24. The van der Waals surface area contributed by atoms with Gasteiger partial charge in [0.25, 0.3) is 0 Å². The molecule has 1 aliphatic rings. The molecule has 0 bridgehead atoms. The Labute approximate surface area is 195 Å². The van der Waals surface area contributed by atoms with Crippen LogP contribution in [0.4, 0.5) is 0 Å². The minimum atomic E-state index is -0.312. The molecule has 1 heterocycles. The van der Waals surface area contributed by atoms with Gasteiger partial charge in [-0.3, -0.25) is 0 Å². The molecule has 0 spiro atoms. The fourth-order valence-corrected chi connectivity index (χ4v) is 5.66. The molecule has 5 aromatic rings. The number of fused-ring (bicyclic) bond motifs is 5. The Morgan fingerprint density at radius 2 is 1.52 bits per heavy atom. The summed E-state index contributed by atoms with van der Waals surface area (Å²) in [6, 6.07) is 37.0. The molecule has 0 saturated carbocycles. The fraction of sp³-hybridized carbons (Fsp3) is 0.0938. The first kappa shape index (κ1) is 19.7. The van der Waals surface area contributed by atoms with Crippen LogP contribution in [0.1, 0.15) is 28.7 Å². The molecule has 6 rings (SSSR count). The third-order valence-corrected chi connectivity index (χ3v) is 6.99. The van der Waals surface area contributed by atoms with E-state index in [1.165, 1.54) is 38.8 Å². The van der Waals surface area contributed by atoms with Gasteiger partial charge in [0, 0.05) is 16.5 Å². The quantitative estimate of drug-likeness (QED) is 0.266. The Bertz CT molecular complexity index is 1500. The van der Waals surface area contributed by atoms with Gasteiger partial charge in [0.15, 0.2) is 0 Å². The van der Waals surface area contributed by atoms with E-state index in [1.54, 1.807) is 0 Å². The van der Waals surface area contributed by atoms with Crippen LogP contribution in [0.15, 0.2) is 116 Å². The summed E-state index contributed by atoms with van der Waals surface area (Å²) in [5.41, 5.74) is 10.7. The van der Waals surface area contributed by atoms with Crippen LogP contribution in [0.25, 0.3) is 33.3 Å². The first-order valence-electron chi connectivity index (χ1n) is 11.5. The highest BCUT2D eigenvalue weighted by Gasteiger charge is 2.46. The molecule has 158 valence electrons. The lowest BCUT2D eigenvalue weighted by atomic mass is 9.69. The van der Waals surface area contributed by atoms with E-state index < -0.39 is 0 Å². The Morgan fingerprint density at radius 1 is 0.818 bits per heavy atom. The van der Waals surface area contributed by atoms with Crippen molar-refractivity contribution in [3.63, 3.8) is 0 Å². The second kappa shape index (κ2) is 7.56. The molecule has 1 aromatic heterocycles. The molecule has 1 heteroatoms. The molecule has 0 radical (unpaired) electrons. The number of aryl methyl sites for hydroxylation is 1. The van der Waals surface area contributed by atoms with Crippen molar-refractivity contribution in [3.8, 4) is 22.4 Å².